The molecule has 0 radical (unpaired) electrons. The normalized spacial score (nSPS) is 14.2. The SMILES string of the molecule is COc1cc(/C=C2\SC(=O)N(Cc3c(F)cccc3Cl)C2=O)ccc1OCC(=O)Nc1ccc(C)cc1C. The van der Waals surface area contributed by atoms with E-state index in [1.165, 1.54) is 31.4 Å². The molecule has 0 aromatic heterocycles. The molecule has 38 heavy (non-hydrogen) atoms. The third-order valence-corrected chi connectivity index (χ3v) is 7.01. The molecule has 0 bridgehead atoms. The number of carbonyl (C=O) groups is 3. The summed E-state index contributed by atoms with van der Waals surface area (Å²) in [6.07, 6.45) is 1.53. The lowest BCUT2D eigenvalue weighted by Gasteiger charge is -2.14. The minimum Gasteiger partial charge on any atom is -0.493 e. The quantitative estimate of drug-likeness (QED) is 0.326. The Morgan fingerprint density at radius 2 is 1.89 bits per heavy atom. The fourth-order valence-electron chi connectivity index (χ4n) is 3.81. The smallest absolute Gasteiger partial charge is 0.293 e. The second kappa shape index (κ2) is 11.7. The molecule has 3 aromatic carbocycles. The van der Waals surface area contributed by atoms with Crippen molar-refractivity contribution in [2.75, 3.05) is 19.0 Å². The third kappa shape index (κ3) is 6.17. The van der Waals surface area contributed by atoms with Crippen molar-refractivity contribution in [3.8, 4) is 11.5 Å². The predicted octanol–water partition coefficient (Wildman–Crippen LogP) is 6.36. The molecule has 0 atom stereocenters. The van der Waals surface area contributed by atoms with Crippen molar-refractivity contribution in [1.29, 1.82) is 0 Å². The van der Waals surface area contributed by atoms with Gasteiger partial charge in [-0.25, -0.2) is 4.39 Å². The first-order valence-electron chi connectivity index (χ1n) is 11.5. The Hall–Kier alpha value is -3.82. The Morgan fingerprint density at radius 1 is 1.11 bits per heavy atom. The molecule has 3 amide bonds. The minimum absolute atomic E-state index is 0.0717. The van der Waals surface area contributed by atoms with Crippen molar-refractivity contribution in [2.45, 2.75) is 20.4 Å². The maximum atomic E-state index is 14.2. The fraction of sp³-hybridized carbons (Fsp3) is 0.179. The first-order valence-corrected chi connectivity index (χ1v) is 12.7. The Bertz CT molecular complexity index is 1440. The summed E-state index contributed by atoms with van der Waals surface area (Å²) in [5, 5.41) is 2.43. The van der Waals surface area contributed by atoms with Gasteiger partial charge in [0, 0.05) is 16.3 Å². The van der Waals surface area contributed by atoms with Gasteiger partial charge in [-0.3, -0.25) is 19.3 Å². The van der Waals surface area contributed by atoms with Gasteiger partial charge in [-0.05, 0) is 73.1 Å². The Morgan fingerprint density at radius 3 is 2.61 bits per heavy atom. The van der Waals surface area contributed by atoms with Crippen LogP contribution in [0.25, 0.3) is 6.08 Å². The summed E-state index contributed by atoms with van der Waals surface area (Å²) < 4.78 is 25.2. The number of ether oxygens (including phenoxy) is 2. The lowest BCUT2D eigenvalue weighted by atomic mass is 10.1. The summed E-state index contributed by atoms with van der Waals surface area (Å²) >= 11 is 6.80. The largest absolute Gasteiger partial charge is 0.493 e. The zero-order valence-corrected chi connectivity index (χ0v) is 22.4. The highest BCUT2D eigenvalue weighted by Gasteiger charge is 2.36. The zero-order chi connectivity index (χ0) is 27.4. The standard InChI is InChI=1S/C28H24ClFN2O5S/c1-16-7-9-22(17(2)11-16)31-26(33)15-37-23-10-8-18(12-24(23)36-3)13-25-27(34)32(28(35)38-25)14-19-20(29)5-4-6-21(19)30/h4-13H,14-15H2,1-3H3,(H,31,33)/b25-13-. The van der Waals surface area contributed by atoms with Crippen LogP contribution >= 0.6 is 23.4 Å². The van der Waals surface area contributed by atoms with E-state index >= 15 is 0 Å². The molecule has 0 saturated carbocycles. The summed E-state index contributed by atoms with van der Waals surface area (Å²) in [5.74, 6) is -0.796. The van der Waals surface area contributed by atoms with E-state index in [2.05, 4.69) is 5.32 Å². The summed E-state index contributed by atoms with van der Waals surface area (Å²) in [4.78, 5) is 38.9. The fourth-order valence-corrected chi connectivity index (χ4v) is 4.87. The van der Waals surface area contributed by atoms with Gasteiger partial charge in [0.25, 0.3) is 17.1 Å². The molecule has 1 saturated heterocycles. The molecule has 7 nitrogen and oxygen atoms in total. The van der Waals surface area contributed by atoms with Crippen LogP contribution in [-0.4, -0.2) is 35.7 Å². The third-order valence-electron chi connectivity index (χ3n) is 5.75. The summed E-state index contributed by atoms with van der Waals surface area (Å²) in [6.45, 7) is 3.38. The number of nitrogens with one attached hydrogen (secondary N) is 1. The van der Waals surface area contributed by atoms with Gasteiger partial charge in [0.15, 0.2) is 18.1 Å². The van der Waals surface area contributed by atoms with Gasteiger partial charge in [-0.1, -0.05) is 41.4 Å². The van der Waals surface area contributed by atoms with Crippen molar-refractivity contribution in [1.82, 2.24) is 4.90 Å². The number of methoxy groups -OCH3 is 1. The van der Waals surface area contributed by atoms with E-state index in [0.717, 1.165) is 27.8 Å². The Kier molecular flexibility index (Phi) is 8.38. The molecule has 1 heterocycles. The van der Waals surface area contributed by atoms with Crippen LogP contribution in [-0.2, 0) is 16.1 Å². The van der Waals surface area contributed by atoms with Crippen LogP contribution in [0.3, 0.4) is 0 Å². The van der Waals surface area contributed by atoms with Gasteiger partial charge in [0.2, 0.25) is 0 Å². The predicted molar refractivity (Wildman–Crippen MR) is 146 cm³/mol. The number of thioether (sulfide) groups is 1. The average molecular weight is 555 g/mol. The van der Waals surface area contributed by atoms with Gasteiger partial charge in [0.05, 0.1) is 18.6 Å². The summed E-state index contributed by atoms with van der Waals surface area (Å²) in [7, 11) is 1.45. The Balaban J connectivity index is 1.44. The summed E-state index contributed by atoms with van der Waals surface area (Å²) in [6, 6.07) is 14.8. The van der Waals surface area contributed by atoms with Crippen LogP contribution in [0.1, 0.15) is 22.3 Å². The molecule has 1 fully saturated rings. The van der Waals surface area contributed by atoms with E-state index in [1.807, 2.05) is 32.0 Å². The number of nitrogens with zero attached hydrogens (tertiary/aromatic N) is 1. The molecule has 0 aliphatic carbocycles. The maximum absolute atomic E-state index is 14.2. The molecular formula is C28H24ClFN2O5S. The van der Waals surface area contributed by atoms with Crippen LogP contribution in [0.2, 0.25) is 5.02 Å². The van der Waals surface area contributed by atoms with Gasteiger partial charge in [-0.2, -0.15) is 0 Å². The number of imide groups is 1. The molecule has 0 unspecified atom stereocenters. The second-order valence-electron chi connectivity index (χ2n) is 8.53. The van der Waals surface area contributed by atoms with Gasteiger partial charge in [-0.15, -0.1) is 0 Å². The maximum Gasteiger partial charge on any atom is 0.293 e. The van der Waals surface area contributed by atoms with E-state index in [0.29, 0.717) is 22.7 Å². The van der Waals surface area contributed by atoms with Gasteiger partial charge in [0.1, 0.15) is 5.82 Å². The molecule has 1 N–H and O–H groups in total. The number of hydrogen-bond donors (Lipinski definition) is 1. The number of aryl methyl sites for hydroxylation is 2. The van der Waals surface area contributed by atoms with Crippen LogP contribution < -0.4 is 14.8 Å². The lowest BCUT2D eigenvalue weighted by Crippen LogP contribution is -2.28. The van der Waals surface area contributed by atoms with Crippen LogP contribution in [0.4, 0.5) is 14.9 Å². The van der Waals surface area contributed by atoms with E-state index in [1.54, 1.807) is 18.2 Å². The number of benzene rings is 3. The van der Waals surface area contributed by atoms with Crippen molar-refractivity contribution in [3.05, 3.63) is 92.6 Å². The highest BCUT2D eigenvalue weighted by molar-refractivity contribution is 8.18. The number of hydrogen-bond acceptors (Lipinski definition) is 6. The molecule has 10 heteroatoms. The number of halogens is 2. The number of amides is 3. The van der Waals surface area contributed by atoms with Crippen LogP contribution in [0, 0.1) is 19.7 Å². The summed E-state index contributed by atoms with van der Waals surface area (Å²) in [5.41, 5.74) is 3.39. The van der Waals surface area contributed by atoms with Crippen molar-refractivity contribution in [3.63, 3.8) is 0 Å². The first-order chi connectivity index (χ1) is 18.2. The van der Waals surface area contributed by atoms with E-state index in [9.17, 15) is 18.8 Å². The van der Waals surface area contributed by atoms with Crippen molar-refractivity contribution < 1.29 is 28.2 Å². The van der Waals surface area contributed by atoms with Crippen LogP contribution in [0.15, 0.2) is 59.5 Å². The number of carbonyl (C=O) groups excluding carboxylic acids is 3. The molecule has 1 aliphatic heterocycles. The molecular weight excluding hydrogens is 531 g/mol. The second-order valence-corrected chi connectivity index (χ2v) is 9.93. The molecule has 3 aromatic rings. The molecule has 1 aliphatic rings. The average Bonchev–Trinajstić information content (AvgIpc) is 3.14. The van der Waals surface area contributed by atoms with Crippen molar-refractivity contribution in [2.24, 2.45) is 0 Å². The lowest BCUT2D eigenvalue weighted by molar-refractivity contribution is -0.123. The van der Waals surface area contributed by atoms with Crippen molar-refractivity contribution >= 4 is 52.2 Å². The van der Waals surface area contributed by atoms with Crippen LogP contribution in [0.5, 0.6) is 11.5 Å². The zero-order valence-electron chi connectivity index (χ0n) is 20.8. The highest BCUT2D eigenvalue weighted by atomic mass is 35.5. The molecule has 196 valence electrons. The van der Waals surface area contributed by atoms with Gasteiger partial charge >= 0.3 is 0 Å². The molecule has 0 spiro atoms. The van der Waals surface area contributed by atoms with E-state index in [-0.39, 0.29) is 34.6 Å². The highest BCUT2D eigenvalue weighted by Crippen LogP contribution is 2.36. The number of anilines is 1. The minimum atomic E-state index is -0.594. The molecule has 4 rings (SSSR count). The number of rotatable bonds is 8. The van der Waals surface area contributed by atoms with E-state index < -0.39 is 17.0 Å². The van der Waals surface area contributed by atoms with Gasteiger partial charge < -0.3 is 14.8 Å². The monoisotopic (exact) mass is 554 g/mol. The first kappa shape index (κ1) is 27.2. The van der Waals surface area contributed by atoms with E-state index in [4.69, 9.17) is 21.1 Å². The topological polar surface area (TPSA) is 84.9 Å². The Labute approximate surface area is 228 Å².